The topological polar surface area (TPSA) is 113 Å². The van der Waals surface area contributed by atoms with E-state index in [4.69, 9.17) is 5.11 Å². The van der Waals surface area contributed by atoms with Gasteiger partial charge in [0.1, 0.15) is 11.4 Å². The van der Waals surface area contributed by atoms with E-state index in [9.17, 15) is 20.0 Å². The largest absolute Gasteiger partial charge is 0.506 e. The molecule has 0 atom stereocenters. The molecule has 2 rings (SSSR count). The van der Waals surface area contributed by atoms with E-state index in [-0.39, 0.29) is 28.3 Å². The number of carboxylic acid groups (broad SMARTS) is 1. The summed E-state index contributed by atoms with van der Waals surface area (Å²) in [6.07, 6.45) is 1.21. The Labute approximate surface area is 119 Å². The molecule has 0 bridgehead atoms. The van der Waals surface area contributed by atoms with Crippen LogP contribution in [-0.2, 0) is 0 Å². The molecule has 0 amide bonds. The third-order valence-electron chi connectivity index (χ3n) is 2.70. The highest BCUT2D eigenvalue weighted by Gasteiger charge is 2.11. The molecule has 0 saturated carbocycles. The molecule has 0 aromatic heterocycles. The molecule has 2 aromatic carbocycles. The molecule has 0 heterocycles. The van der Waals surface area contributed by atoms with Gasteiger partial charge in [0.05, 0.1) is 16.1 Å². The number of nitro groups is 1. The number of nitro benzene ring substituents is 1. The molecule has 0 aliphatic heterocycles. The van der Waals surface area contributed by atoms with E-state index in [1.807, 2.05) is 0 Å². The molecule has 7 nitrogen and oxygen atoms in total. The number of benzene rings is 2. The maximum atomic E-state index is 10.9. The van der Waals surface area contributed by atoms with Crippen LogP contribution in [-0.4, -0.2) is 27.3 Å². The van der Waals surface area contributed by atoms with E-state index in [0.29, 0.717) is 0 Å². The van der Waals surface area contributed by atoms with Gasteiger partial charge in [0, 0.05) is 12.3 Å². The van der Waals surface area contributed by atoms with Gasteiger partial charge in [0.15, 0.2) is 0 Å². The van der Waals surface area contributed by atoms with E-state index in [0.717, 1.165) is 0 Å². The Morgan fingerprint density at radius 1 is 1.24 bits per heavy atom. The maximum absolute atomic E-state index is 10.9. The Balaban J connectivity index is 2.40. The molecule has 0 radical (unpaired) electrons. The number of para-hydroxylation sites is 1. The lowest BCUT2D eigenvalue weighted by Gasteiger charge is -2.01. The van der Waals surface area contributed by atoms with Gasteiger partial charge in [-0.1, -0.05) is 12.1 Å². The molecular formula is C14H10N2O5. The maximum Gasteiger partial charge on any atom is 0.335 e. The Morgan fingerprint density at radius 2 is 1.95 bits per heavy atom. The van der Waals surface area contributed by atoms with E-state index in [2.05, 4.69) is 4.99 Å². The number of hydrogen-bond acceptors (Lipinski definition) is 5. The minimum Gasteiger partial charge on any atom is -0.506 e. The molecule has 2 aromatic rings. The van der Waals surface area contributed by atoms with Crippen molar-refractivity contribution in [2.45, 2.75) is 0 Å². The molecule has 106 valence electrons. The molecule has 0 fully saturated rings. The predicted molar refractivity (Wildman–Crippen MR) is 75.4 cm³/mol. The summed E-state index contributed by atoms with van der Waals surface area (Å²) < 4.78 is 0. The fraction of sp³-hybridized carbons (Fsp3) is 0. The van der Waals surface area contributed by atoms with E-state index in [1.165, 1.54) is 42.6 Å². The van der Waals surface area contributed by atoms with Gasteiger partial charge in [-0.25, -0.2) is 4.79 Å². The minimum absolute atomic E-state index is 0.0213. The van der Waals surface area contributed by atoms with Gasteiger partial charge in [-0.2, -0.15) is 0 Å². The molecule has 2 N–H and O–H groups in total. The number of phenols is 1. The first kappa shape index (κ1) is 14.2. The Bertz CT molecular complexity index is 740. The lowest BCUT2D eigenvalue weighted by atomic mass is 10.2. The van der Waals surface area contributed by atoms with Gasteiger partial charge in [0.2, 0.25) is 0 Å². The van der Waals surface area contributed by atoms with Crippen LogP contribution in [0.4, 0.5) is 11.4 Å². The lowest BCUT2D eigenvalue weighted by molar-refractivity contribution is -0.385. The van der Waals surface area contributed by atoms with Crippen molar-refractivity contribution in [3.63, 3.8) is 0 Å². The number of rotatable bonds is 4. The fourth-order valence-corrected chi connectivity index (χ4v) is 1.66. The standard InChI is InChI=1S/C14H10N2O5/c17-13-6-5-9(14(18)19)7-11(13)15-8-10-3-1-2-4-12(10)16(20)21/h1-8,17H,(H,18,19)/b15-8+. The number of aromatic hydroxyl groups is 1. The molecule has 0 spiro atoms. The third kappa shape index (κ3) is 3.21. The summed E-state index contributed by atoms with van der Waals surface area (Å²) in [5, 5.41) is 29.4. The molecule has 0 aliphatic carbocycles. The van der Waals surface area contributed by atoms with Crippen molar-refractivity contribution in [2.75, 3.05) is 0 Å². The summed E-state index contributed by atoms with van der Waals surface area (Å²) in [7, 11) is 0. The van der Waals surface area contributed by atoms with Gasteiger partial charge >= 0.3 is 5.97 Å². The van der Waals surface area contributed by atoms with Crippen molar-refractivity contribution in [1.82, 2.24) is 0 Å². The highest BCUT2D eigenvalue weighted by atomic mass is 16.6. The molecule has 7 heteroatoms. The number of carboxylic acids is 1. The molecule has 0 unspecified atom stereocenters. The number of aromatic carboxylic acids is 1. The zero-order valence-corrected chi connectivity index (χ0v) is 10.6. The monoisotopic (exact) mass is 286 g/mol. The first-order chi connectivity index (χ1) is 9.99. The highest BCUT2D eigenvalue weighted by molar-refractivity contribution is 5.91. The van der Waals surface area contributed by atoms with Crippen LogP contribution in [0.2, 0.25) is 0 Å². The Kier molecular flexibility index (Phi) is 3.94. The second-order valence-corrected chi connectivity index (χ2v) is 4.08. The molecule has 21 heavy (non-hydrogen) atoms. The first-order valence-corrected chi connectivity index (χ1v) is 5.83. The van der Waals surface area contributed by atoms with Crippen LogP contribution in [0.1, 0.15) is 15.9 Å². The number of nitrogens with zero attached hydrogens (tertiary/aromatic N) is 2. The average Bonchev–Trinajstić information content (AvgIpc) is 2.46. The van der Waals surface area contributed by atoms with Gasteiger partial charge in [0.25, 0.3) is 5.69 Å². The van der Waals surface area contributed by atoms with Crippen molar-refractivity contribution < 1.29 is 19.9 Å². The summed E-state index contributed by atoms with van der Waals surface area (Å²) in [4.78, 5) is 25.1. The second kappa shape index (κ2) is 5.83. The van der Waals surface area contributed by atoms with Crippen LogP contribution in [0.5, 0.6) is 5.75 Å². The zero-order valence-electron chi connectivity index (χ0n) is 10.6. The van der Waals surface area contributed by atoms with Crippen LogP contribution in [0.25, 0.3) is 0 Å². The van der Waals surface area contributed by atoms with Gasteiger partial charge in [-0.3, -0.25) is 15.1 Å². The highest BCUT2D eigenvalue weighted by Crippen LogP contribution is 2.27. The van der Waals surface area contributed by atoms with Crippen molar-refractivity contribution in [1.29, 1.82) is 0 Å². The Morgan fingerprint density at radius 3 is 2.62 bits per heavy atom. The summed E-state index contributed by atoms with van der Waals surface area (Å²) in [6.45, 7) is 0. The minimum atomic E-state index is -1.16. The van der Waals surface area contributed by atoms with Gasteiger partial charge in [-0.15, -0.1) is 0 Å². The third-order valence-corrected chi connectivity index (χ3v) is 2.70. The van der Waals surface area contributed by atoms with Gasteiger partial charge in [-0.05, 0) is 24.3 Å². The van der Waals surface area contributed by atoms with Crippen molar-refractivity contribution in [2.24, 2.45) is 4.99 Å². The SMILES string of the molecule is O=C(O)c1ccc(O)c(/N=C/c2ccccc2[N+](=O)[O-])c1. The van der Waals surface area contributed by atoms with Crippen molar-refractivity contribution in [3.05, 3.63) is 63.7 Å². The normalized spacial score (nSPS) is 10.7. The summed E-state index contributed by atoms with van der Waals surface area (Å²) >= 11 is 0. The van der Waals surface area contributed by atoms with Crippen molar-refractivity contribution in [3.8, 4) is 5.75 Å². The van der Waals surface area contributed by atoms with E-state index < -0.39 is 10.9 Å². The summed E-state index contributed by atoms with van der Waals surface area (Å²) in [6, 6.07) is 9.59. The van der Waals surface area contributed by atoms with Crippen LogP contribution >= 0.6 is 0 Å². The second-order valence-electron chi connectivity index (χ2n) is 4.08. The summed E-state index contributed by atoms with van der Waals surface area (Å²) in [5.74, 6) is -1.37. The van der Waals surface area contributed by atoms with Gasteiger partial charge < -0.3 is 10.2 Å². The quantitative estimate of drug-likeness (QED) is 0.509. The van der Waals surface area contributed by atoms with E-state index >= 15 is 0 Å². The number of carbonyl (C=O) groups is 1. The van der Waals surface area contributed by atoms with E-state index in [1.54, 1.807) is 6.07 Å². The lowest BCUT2D eigenvalue weighted by Crippen LogP contribution is -1.95. The molecule has 0 saturated heterocycles. The number of hydrogen-bond donors (Lipinski definition) is 2. The van der Waals surface area contributed by atoms with Crippen LogP contribution < -0.4 is 0 Å². The Hall–Kier alpha value is -3.22. The first-order valence-electron chi connectivity index (χ1n) is 5.83. The summed E-state index contributed by atoms with van der Waals surface area (Å²) in [5.41, 5.74) is 0.105. The number of phenolic OH excluding ortho intramolecular Hbond substituents is 1. The van der Waals surface area contributed by atoms with Crippen LogP contribution in [0.3, 0.4) is 0 Å². The average molecular weight is 286 g/mol. The molecule has 0 aliphatic rings. The smallest absolute Gasteiger partial charge is 0.335 e. The fourth-order valence-electron chi connectivity index (χ4n) is 1.66. The molecular weight excluding hydrogens is 276 g/mol. The number of aliphatic imine (C=N–C) groups is 1. The van der Waals surface area contributed by atoms with Crippen LogP contribution in [0.15, 0.2) is 47.5 Å². The zero-order chi connectivity index (χ0) is 15.4. The van der Waals surface area contributed by atoms with Crippen molar-refractivity contribution >= 4 is 23.6 Å². The predicted octanol–water partition coefficient (Wildman–Crippen LogP) is 2.75. The van der Waals surface area contributed by atoms with Crippen LogP contribution in [0, 0.1) is 10.1 Å².